The van der Waals surface area contributed by atoms with Gasteiger partial charge in [0.1, 0.15) is 0 Å². The van der Waals surface area contributed by atoms with Crippen LogP contribution in [0.1, 0.15) is 0 Å². The second-order valence-corrected chi connectivity index (χ2v) is 0.635. The molecule has 0 aliphatic carbocycles. The van der Waals surface area contributed by atoms with Crippen LogP contribution < -0.4 is 5.73 Å². The monoisotopic (exact) mass is 294 g/mol. The normalized spacial score (nSPS) is 7.00. The Bertz CT molecular complexity index is 82.1. The third-order valence-corrected chi connectivity index (χ3v) is 0.189. The zero-order chi connectivity index (χ0) is 4.99. The van der Waals surface area contributed by atoms with E-state index in [0.29, 0.717) is 0 Å². The molecule has 0 rings (SSSR count). The Kier molecular flexibility index (Phi) is 19.3. The first-order chi connectivity index (χ1) is 2.77. The maximum absolute atomic E-state index is 9.62. The summed E-state index contributed by atoms with van der Waals surface area (Å²) in [5.74, 6) is -0.572. The van der Waals surface area contributed by atoms with Gasteiger partial charge in [-0.15, -0.1) is 0 Å². The van der Waals surface area contributed by atoms with Crippen molar-refractivity contribution in [1.82, 2.24) is 0 Å². The minimum Gasteiger partial charge on any atom is -0.473 e. The standard InChI is InChI=1S/C3H4N2O.CH3.Pt/c1-3(6)5-2-4;;/h1H2,(H2,4,5,6);1H3;/q-2;-1;. The maximum Gasteiger partial charge on any atom is 0 e. The number of nitrogens with two attached hydrogens (primary N) is 1. The van der Waals surface area contributed by atoms with Crippen LogP contribution in [0.15, 0.2) is 4.99 Å². The quantitative estimate of drug-likeness (QED) is 0.288. The zero-order valence-electron chi connectivity index (χ0n) is 4.46. The Labute approximate surface area is 63.6 Å². The predicted molar refractivity (Wildman–Crippen MR) is 28.4 cm³/mol. The number of amides is 1. The molecule has 0 saturated carbocycles. The summed E-state index contributed by atoms with van der Waals surface area (Å²) < 4.78 is 0. The van der Waals surface area contributed by atoms with E-state index in [9.17, 15) is 4.79 Å². The Morgan fingerprint density at radius 3 is 2.12 bits per heavy atom. The second-order valence-electron chi connectivity index (χ2n) is 0.635. The molecule has 0 bridgehead atoms. The van der Waals surface area contributed by atoms with E-state index < -0.39 is 5.91 Å². The Hall–Kier alpha value is -0.302. The van der Waals surface area contributed by atoms with Crippen molar-refractivity contribution in [3.8, 4) is 0 Å². The van der Waals surface area contributed by atoms with E-state index in [1.807, 2.05) is 0 Å². The van der Waals surface area contributed by atoms with Gasteiger partial charge < -0.3 is 29.9 Å². The average molecular weight is 294 g/mol. The van der Waals surface area contributed by atoms with Crippen LogP contribution in [-0.4, -0.2) is 12.2 Å². The molecule has 52 valence electrons. The minimum absolute atomic E-state index is 0. The van der Waals surface area contributed by atoms with E-state index in [1.54, 1.807) is 6.34 Å². The van der Waals surface area contributed by atoms with Gasteiger partial charge in [0.15, 0.2) is 0 Å². The van der Waals surface area contributed by atoms with Crippen LogP contribution in [-0.2, 0) is 25.9 Å². The molecule has 2 N–H and O–H groups in total. The summed E-state index contributed by atoms with van der Waals surface area (Å²) in [4.78, 5) is 12.5. The zero-order valence-corrected chi connectivity index (χ0v) is 6.73. The van der Waals surface area contributed by atoms with Crippen molar-refractivity contribution >= 4 is 12.2 Å². The second kappa shape index (κ2) is 9.85. The molecule has 0 aliphatic heterocycles. The van der Waals surface area contributed by atoms with E-state index in [0.717, 1.165) is 0 Å². The van der Waals surface area contributed by atoms with Crippen molar-refractivity contribution < 1.29 is 25.9 Å². The van der Waals surface area contributed by atoms with Gasteiger partial charge in [-0.05, 0) is 0 Å². The molecule has 3 nitrogen and oxygen atoms in total. The molecule has 0 unspecified atom stereocenters. The van der Waals surface area contributed by atoms with Crippen LogP contribution in [0.3, 0.4) is 0 Å². The maximum atomic E-state index is 9.62. The summed E-state index contributed by atoms with van der Waals surface area (Å²) in [6, 6.07) is 0. The first-order valence-electron chi connectivity index (χ1n) is 1.29. The molecule has 4 heteroatoms. The molecule has 0 saturated heterocycles. The Morgan fingerprint density at radius 2 is 2.12 bits per heavy atom. The van der Waals surface area contributed by atoms with E-state index in [1.165, 1.54) is 0 Å². The molecule has 0 aromatic heterocycles. The molecular weight excluding hydrogens is 287 g/mol. The van der Waals surface area contributed by atoms with Crippen LogP contribution in [0.4, 0.5) is 0 Å². The molecule has 0 spiro atoms. The first-order valence-corrected chi connectivity index (χ1v) is 1.29. The summed E-state index contributed by atoms with van der Waals surface area (Å²) >= 11 is 0. The molecule has 0 aliphatic rings. The van der Waals surface area contributed by atoms with Crippen molar-refractivity contribution in [2.75, 3.05) is 0 Å². The van der Waals surface area contributed by atoms with Crippen molar-refractivity contribution in [1.29, 1.82) is 0 Å². The average Bonchev–Trinajstić information content (AvgIpc) is 1.35. The summed E-state index contributed by atoms with van der Waals surface area (Å²) in [5.41, 5.74) is 4.55. The fourth-order valence-electron chi connectivity index (χ4n) is 0.0720. The van der Waals surface area contributed by atoms with Gasteiger partial charge in [-0.2, -0.15) is 0 Å². The Morgan fingerprint density at radius 1 is 1.75 bits per heavy atom. The van der Waals surface area contributed by atoms with Gasteiger partial charge in [0.25, 0.3) is 0 Å². The fourth-order valence-corrected chi connectivity index (χ4v) is 0.0720. The van der Waals surface area contributed by atoms with Gasteiger partial charge >= 0.3 is 0 Å². The largest absolute Gasteiger partial charge is 0.473 e. The molecule has 0 radical (unpaired) electrons. The number of rotatable bonds is 0. The minimum atomic E-state index is -0.572. The van der Waals surface area contributed by atoms with Crippen molar-refractivity contribution in [3.05, 3.63) is 14.4 Å². The molecule has 0 atom stereocenters. The number of carbonyl (C=O) groups excluding carboxylic acids is 1. The molecule has 0 fully saturated rings. The van der Waals surface area contributed by atoms with E-state index in [4.69, 9.17) is 0 Å². The smallest absolute Gasteiger partial charge is 0 e. The predicted octanol–water partition coefficient (Wildman–Crippen LogP) is -0.341. The SMILES string of the molecule is [CH2-]C(=O)N=[C-]N.[CH3-].[Pt]. The van der Waals surface area contributed by atoms with Gasteiger partial charge in [0, 0.05) is 21.1 Å². The molecule has 1 amide bonds. The van der Waals surface area contributed by atoms with Crippen molar-refractivity contribution in [2.24, 2.45) is 10.7 Å². The van der Waals surface area contributed by atoms with Crippen LogP contribution in [0.2, 0.25) is 0 Å². The molecule has 8 heavy (non-hydrogen) atoms. The number of hydrogen-bond donors (Lipinski definition) is 1. The van der Waals surface area contributed by atoms with Crippen molar-refractivity contribution in [2.45, 2.75) is 0 Å². The fraction of sp³-hybridized carbons (Fsp3) is 0. The summed E-state index contributed by atoms with van der Waals surface area (Å²) in [6.45, 7) is 2.88. The number of nitrogens with zero attached hydrogens (tertiary/aromatic N) is 1. The van der Waals surface area contributed by atoms with E-state index in [-0.39, 0.29) is 28.5 Å². The first kappa shape index (κ1) is 15.6. The van der Waals surface area contributed by atoms with Gasteiger partial charge in [0.2, 0.25) is 0 Å². The topological polar surface area (TPSA) is 55.5 Å². The van der Waals surface area contributed by atoms with E-state index >= 15 is 0 Å². The van der Waals surface area contributed by atoms with Gasteiger partial charge in [-0.25, -0.2) is 0 Å². The third-order valence-electron chi connectivity index (χ3n) is 0.189. The number of hydrogen-bond acceptors (Lipinski definition) is 1. The van der Waals surface area contributed by atoms with Crippen LogP contribution >= 0.6 is 0 Å². The summed E-state index contributed by atoms with van der Waals surface area (Å²) in [5, 5.41) is 0. The van der Waals surface area contributed by atoms with Gasteiger partial charge in [-0.3, -0.25) is 0 Å². The van der Waals surface area contributed by atoms with Crippen LogP contribution in [0, 0.1) is 14.4 Å². The summed E-state index contributed by atoms with van der Waals surface area (Å²) in [7, 11) is 0. The molecule has 0 aromatic carbocycles. The number of aliphatic imine (C=N–C) groups is 1. The third kappa shape index (κ3) is 17.3. The van der Waals surface area contributed by atoms with Gasteiger partial charge in [0.05, 0.1) is 0 Å². The molecule has 0 heterocycles. The molecule has 0 aromatic rings. The van der Waals surface area contributed by atoms with Crippen LogP contribution in [0.25, 0.3) is 0 Å². The molecular formula is C4H7N2OPt-3. The van der Waals surface area contributed by atoms with Gasteiger partial charge in [-0.1, -0.05) is 12.2 Å². The number of carbonyl (C=O) groups is 1. The summed E-state index contributed by atoms with van der Waals surface area (Å²) in [6.07, 6.45) is 1.78. The Balaban J connectivity index is -0.000000125. The van der Waals surface area contributed by atoms with E-state index in [2.05, 4.69) is 17.6 Å². The van der Waals surface area contributed by atoms with Crippen LogP contribution in [0.5, 0.6) is 0 Å². The van der Waals surface area contributed by atoms with Crippen molar-refractivity contribution in [3.63, 3.8) is 0 Å².